The van der Waals surface area contributed by atoms with E-state index >= 15 is 0 Å². The first-order valence-electron chi connectivity index (χ1n) is 12.0. The monoisotopic (exact) mass is 577 g/mol. The normalized spacial score (nSPS) is 19.1. The van der Waals surface area contributed by atoms with Crippen molar-refractivity contribution in [3.8, 4) is 5.75 Å². The number of hydrogen-bond donors (Lipinski definition) is 2. The van der Waals surface area contributed by atoms with Gasteiger partial charge in [0, 0.05) is 36.3 Å². The third-order valence-corrected chi connectivity index (χ3v) is 8.32. The molecule has 2 unspecified atom stereocenters. The van der Waals surface area contributed by atoms with E-state index in [0.717, 1.165) is 29.3 Å². The number of anilines is 2. The van der Waals surface area contributed by atoms with Crippen LogP contribution >= 0.6 is 0 Å². The molecule has 0 aliphatic carbocycles. The molecule has 2 atom stereocenters. The van der Waals surface area contributed by atoms with Crippen LogP contribution in [0.3, 0.4) is 0 Å². The van der Waals surface area contributed by atoms with Gasteiger partial charge in [-0.15, -0.1) is 10.2 Å². The third kappa shape index (κ3) is 6.01. The number of nitro benzene ring substituents is 1. The lowest BCUT2D eigenvalue weighted by atomic mass is 9.74. The van der Waals surface area contributed by atoms with Crippen LogP contribution in [0.5, 0.6) is 5.75 Å². The van der Waals surface area contributed by atoms with Gasteiger partial charge in [0.15, 0.2) is 5.75 Å². The van der Waals surface area contributed by atoms with E-state index in [1.807, 2.05) is 53.8 Å². The highest BCUT2D eigenvalue weighted by Crippen LogP contribution is 2.50. The van der Waals surface area contributed by atoms with Gasteiger partial charge in [-0.25, -0.2) is 8.42 Å². The van der Waals surface area contributed by atoms with Crippen LogP contribution in [0.4, 0.5) is 41.6 Å². The highest BCUT2D eigenvalue weighted by atomic mass is 32.2. The van der Waals surface area contributed by atoms with Crippen molar-refractivity contribution in [1.29, 1.82) is 0 Å². The summed E-state index contributed by atoms with van der Waals surface area (Å²) in [6.07, 6.45) is -4.40. The summed E-state index contributed by atoms with van der Waals surface area (Å²) in [7, 11) is -3.08. The maximum absolute atomic E-state index is 13.0. The first kappa shape index (κ1) is 28.8. The Morgan fingerprint density at radius 1 is 1.10 bits per heavy atom. The lowest BCUT2D eigenvalue weighted by molar-refractivity contribution is -0.384. The van der Waals surface area contributed by atoms with E-state index in [-0.39, 0.29) is 28.8 Å². The average Bonchev–Trinajstić information content (AvgIpc) is 3.02. The van der Waals surface area contributed by atoms with Crippen LogP contribution in [0.2, 0.25) is 0 Å². The highest BCUT2D eigenvalue weighted by Gasteiger charge is 2.45. The number of aromatic hydroxyl groups is 1. The highest BCUT2D eigenvalue weighted by molar-refractivity contribution is 7.92. The number of fused-ring (bicyclic) bond motifs is 1. The van der Waals surface area contributed by atoms with Crippen molar-refractivity contribution in [2.24, 2.45) is 10.2 Å². The number of non-ortho nitro benzene ring substituents is 1. The zero-order valence-corrected chi connectivity index (χ0v) is 22.5. The Labute approximate surface area is 228 Å². The summed E-state index contributed by atoms with van der Waals surface area (Å²) in [5, 5.41) is 29.2. The Bertz CT molecular complexity index is 1580. The van der Waals surface area contributed by atoms with E-state index in [1.54, 1.807) is 13.1 Å². The average molecular weight is 578 g/mol. The summed E-state index contributed by atoms with van der Waals surface area (Å²) in [5.41, 5.74) is 0.811. The second-order valence-corrected chi connectivity index (χ2v) is 11.6. The molecule has 1 heterocycles. The fourth-order valence-corrected chi connectivity index (χ4v) is 5.85. The topological polar surface area (TPSA) is 138 Å². The van der Waals surface area contributed by atoms with E-state index in [0.29, 0.717) is 12.1 Å². The number of rotatable bonds is 8. The number of sulfonamides is 1. The molecule has 1 aliphatic heterocycles. The number of likely N-dealkylation sites (N-methyl/N-ethyl adjacent to an activating group) is 1. The molecule has 40 heavy (non-hydrogen) atoms. The number of halogens is 3. The van der Waals surface area contributed by atoms with Gasteiger partial charge in [0.05, 0.1) is 10.6 Å². The first-order chi connectivity index (χ1) is 18.6. The molecule has 10 nitrogen and oxygen atoms in total. The van der Waals surface area contributed by atoms with Crippen molar-refractivity contribution < 1.29 is 31.6 Å². The van der Waals surface area contributed by atoms with Gasteiger partial charge in [0.25, 0.3) is 5.69 Å². The fourth-order valence-electron chi connectivity index (χ4n) is 4.85. The summed E-state index contributed by atoms with van der Waals surface area (Å²) in [5.74, 6) is -2.55. The molecular weight excluding hydrogens is 551 g/mol. The van der Waals surface area contributed by atoms with Crippen molar-refractivity contribution in [3.05, 3.63) is 81.9 Å². The van der Waals surface area contributed by atoms with Gasteiger partial charge in [0.2, 0.25) is 10.0 Å². The van der Waals surface area contributed by atoms with E-state index in [2.05, 4.69) is 10.2 Å². The molecule has 0 spiro atoms. The number of nitrogens with one attached hydrogen (secondary N) is 1. The van der Waals surface area contributed by atoms with Crippen LogP contribution in [0.25, 0.3) is 0 Å². The number of azo groups is 1. The van der Waals surface area contributed by atoms with Gasteiger partial charge in [-0.2, -0.15) is 13.2 Å². The van der Waals surface area contributed by atoms with Crippen molar-refractivity contribution >= 4 is 38.5 Å². The predicted octanol–water partition coefficient (Wildman–Crippen LogP) is 6.36. The summed E-state index contributed by atoms with van der Waals surface area (Å²) in [6.45, 7) is 4.01. The smallest absolute Gasteiger partial charge is 0.404 e. The SMILES string of the molecule is CC1N(C)c2cc(NS(=O)(=O)CC(F)(F)F)c(N=Nc3cc([N+](=O)[O-])ccc3O)cc2C1(C)Cc1ccccc1. The molecule has 212 valence electrons. The maximum atomic E-state index is 13.0. The molecule has 0 radical (unpaired) electrons. The number of alkyl halides is 3. The van der Waals surface area contributed by atoms with Gasteiger partial charge in [0.1, 0.15) is 17.1 Å². The zero-order valence-electron chi connectivity index (χ0n) is 21.7. The fraction of sp³-hybridized carbons (Fsp3) is 0.308. The minimum absolute atomic E-state index is 0.102. The molecular formula is C26H26F3N5O5S. The van der Waals surface area contributed by atoms with Crippen molar-refractivity contribution in [1.82, 2.24) is 0 Å². The molecule has 4 rings (SSSR count). The standard InChI is InChI=1S/C26H26F3N5O5S/c1-16-25(2,14-17-7-5-4-6-8-17)19-12-20(30-31-22-11-18(34(36)37)9-10-24(22)35)21(13-23(19)33(16)3)32-40(38,39)15-26(27,28)29/h4-13,16,32,35H,14-15H2,1-3H3. The van der Waals surface area contributed by atoms with Crippen LogP contribution in [0, 0.1) is 10.1 Å². The number of phenols is 1. The molecule has 3 aromatic rings. The predicted molar refractivity (Wildman–Crippen MR) is 144 cm³/mol. The van der Waals surface area contributed by atoms with Crippen LogP contribution in [0.15, 0.2) is 70.9 Å². The molecule has 14 heteroatoms. The van der Waals surface area contributed by atoms with Crippen LogP contribution in [0.1, 0.15) is 25.0 Å². The lowest BCUT2D eigenvalue weighted by Gasteiger charge is -2.33. The quantitative estimate of drug-likeness (QED) is 0.182. The van der Waals surface area contributed by atoms with Crippen LogP contribution < -0.4 is 9.62 Å². The van der Waals surface area contributed by atoms with Crippen molar-refractivity contribution in [2.45, 2.75) is 37.9 Å². The number of benzene rings is 3. The molecule has 0 amide bonds. The summed E-state index contributed by atoms with van der Waals surface area (Å²) in [6, 6.07) is 15.6. The Balaban J connectivity index is 1.86. The van der Waals surface area contributed by atoms with E-state index < -0.39 is 38.0 Å². The molecule has 1 aliphatic rings. The number of phenolic OH excluding ortho intramolecular Hbond substituents is 1. The molecule has 2 N–H and O–H groups in total. The second kappa shape index (κ2) is 10.4. The molecule has 0 bridgehead atoms. The maximum Gasteiger partial charge on any atom is 0.404 e. The van der Waals surface area contributed by atoms with Gasteiger partial charge < -0.3 is 10.0 Å². The largest absolute Gasteiger partial charge is 0.506 e. The van der Waals surface area contributed by atoms with E-state index in [1.165, 1.54) is 6.07 Å². The van der Waals surface area contributed by atoms with E-state index in [9.17, 15) is 36.8 Å². The van der Waals surface area contributed by atoms with Gasteiger partial charge in [-0.1, -0.05) is 37.3 Å². The molecule has 3 aromatic carbocycles. The van der Waals surface area contributed by atoms with Gasteiger partial charge in [-0.3, -0.25) is 14.8 Å². The minimum Gasteiger partial charge on any atom is -0.506 e. The van der Waals surface area contributed by atoms with Crippen LogP contribution in [-0.4, -0.2) is 43.5 Å². The van der Waals surface area contributed by atoms with Crippen molar-refractivity contribution in [3.63, 3.8) is 0 Å². The molecule has 0 aromatic heterocycles. The number of nitrogens with zero attached hydrogens (tertiary/aromatic N) is 4. The number of hydrogen-bond acceptors (Lipinski definition) is 8. The van der Waals surface area contributed by atoms with Gasteiger partial charge >= 0.3 is 6.18 Å². The second-order valence-electron chi connectivity index (χ2n) is 9.86. The summed E-state index contributed by atoms with van der Waals surface area (Å²) >= 11 is 0. The number of nitro groups is 1. The molecule has 0 saturated heterocycles. The van der Waals surface area contributed by atoms with Crippen LogP contribution in [-0.2, 0) is 21.9 Å². The zero-order chi connectivity index (χ0) is 29.5. The van der Waals surface area contributed by atoms with Gasteiger partial charge in [-0.05, 0) is 42.7 Å². The molecule has 0 saturated carbocycles. The minimum atomic E-state index is -4.99. The Morgan fingerprint density at radius 3 is 2.38 bits per heavy atom. The lowest BCUT2D eigenvalue weighted by Crippen LogP contribution is -2.40. The Morgan fingerprint density at radius 2 is 1.75 bits per heavy atom. The Kier molecular flexibility index (Phi) is 7.49. The first-order valence-corrected chi connectivity index (χ1v) is 13.7. The summed E-state index contributed by atoms with van der Waals surface area (Å²) < 4.78 is 65.6. The van der Waals surface area contributed by atoms with E-state index in [4.69, 9.17) is 0 Å². The summed E-state index contributed by atoms with van der Waals surface area (Å²) in [4.78, 5) is 12.4. The third-order valence-electron chi connectivity index (χ3n) is 7.08. The van der Waals surface area contributed by atoms with Crippen molar-refractivity contribution in [2.75, 3.05) is 22.4 Å². The Hall–Kier alpha value is -4.20. The molecule has 0 fully saturated rings.